The number of rotatable bonds is 2. The van der Waals surface area contributed by atoms with Gasteiger partial charge in [-0.15, -0.1) is 0 Å². The van der Waals surface area contributed by atoms with Gasteiger partial charge in [-0.3, -0.25) is 0 Å². The molecular formula is C16H14O2. The highest BCUT2D eigenvalue weighted by Gasteiger charge is 2.06. The van der Waals surface area contributed by atoms with Gasteiger partial charge < -0.3 is 10.2 Å². The Labute approximate surface area is 105 Å². The van der Waals surface area contributed by atoms with Gasteiger partial charge in [0.15, 0.2) is 0 Å². The number of aliphatic hydroxyl groups excluding tert-OH is 2. The Morgan fingerprint density at radius 1 is 0.667 bits per heavy atom. The molecular weight excluding hydrogens is 224 g/mol. The summed E-state index contributed by atoms with van der Waals surface area (Å²) in [6.07, 6.45) is 0. The van der Waals surface area contributed by atoms with Crippen LogP contribution in [0.5, 0.6) is 0 Å². The van der Waals surface area contributed by atoms with Crippen molar-refractivity contribution in [2.75, 3.05) is 0 Å². The Balaban J connectivity index is 2.43. The molecule has 0 atom stereocenters. The van der Waals surface area contributed by atoms with Crippen molar-refractivity contribution in [3.05, 3.63) is 59.7 Å². The van der Waals surface area contributed by atoms with Crippen LogP contribution in [-0.2, 0) is 13.2 Å². The molecule has 0 saturated heterocycles. The van der Waals surface area contributed by atoms with Crippen LogP contribution in [-0.4, -0.2) is 10.2 Å². The predicted molar refractivity (Wildman–Crippen MR) is 73.3 cm³/mol. The summed E-state index contributed by atoms with van der Waals surface area (Å²) >= 11 is 0. The van der Waals surface area contributed by atoms with E-state index < -0.39 is 0 Å². The maximum Gasteiger partial charge on any atom is 0.0685 e. The van der Waals surface area contributed by atoms with E-state index >= 15 is 0 Å². The van der Waals surface area contributed by atoms with Crippen molar-refractivity contribution in [3.8, 4) is 0 Å². The molecule has 0 unspecified atom stereocenters. The lowest BCUT2D eigenvalue weighted by Crippen LogP contribution is -1.94. The maximum absolute atomic E-state index is 9.37. The minimum atomic E-state index is -0.0466. The molecule has 2 N–H and O–H groups in total. The molecule has 0 aliphatic heterocycles. The largest absolute Gasteiger partial charge is 0.392 e. The molecule has 0 aliphatic carbocycles. The zero-order valence-electron chi connectivity index (χ0n) is 9.93. The van der Waals surface area contributed by atoms with Gasteiger partial charge in [0, 0.05) is 0 Å². The molecule has 90 valence electrons. The van der Waals surface area contributed by atoms with E-state index in [0.29, 0.717) is 0 Å². The van der Waals surface area contributed by atoms with Gasteiger partial charge in [0.05, 0.1) is 13.2 Å². The summed E-state index contributed by atoms with van der Waals surface area (Å²) in [4.78, 5) is 0. The maximum atomic E-state index is 9.37. The van der Waals surface area contributed by atoms with E-state index in [0.717, 1.165) is 21.9 Å². The fraction of sp³-hybridized carbons (Fsp3) is 0.125. The van der Waals surface area contributed by atoms with Crippen LogP contribution in [0.15, 0.2) is 48.5 Å². The van der Waals surface area contributed by atoms with Gasteiger partial charge in [0.2, 0.25) is 0 Å². The first-order valence-corrected chi connectivity index (χ1v) is 5.98. The Bertz CT molecular complexity index is 717. The number of fused-ring (bicyclic) bond motifs is 3. The molecule has 0 saturated carbocycles. The van der Waals surface area contributed by atoms with Gasteiger partial charge in [-0.25, -0.2) is 0 Å². The third kappa shape index (κ3) is 1.67. The standard InChI is InChI=1S/C16H14O2/c17-9-13-7-12-6-5-11-3-1-2-4-15(11)16(12)8-14(13)10-18/h1-8,17-18H,9-10H2. The Morgan fingerprint density at radius 2 is 1.33 bits per heavy atom. The summed E-state index contributed by atoms with van der Waals surface area (Å²) in [5.41, 5.74) is 1.58. The molecule has 3 aromatic carbocycles. The fourth-order valence-corrected chi connectivity index (χ4v) is 2.44. The second kappa shape index (κ2) is 4.41. The molecule has 3 aromatic rings. The first kappa shape index (κ1) is 11.2. The van der Waals surface area contributed by atoms with Crippen molar-refractivity contribution in [2.24, 2.45) is 0 Å². The van der Waals surface area contributed by atoms with E-state index in [1.807, 2.05) is 24.3 Å². The zero-order valence-corrected chi connectivity index (χ0v) is 9.93. The molecule has 0 heterocycles. The summed E-state index contributed by atoms with van der Waals surface area (Å²) in [5, 5.41) is 23.3. The van der Waals surface area contributed by atoms with Crippen LogP contribution in [0.2, 0.25) is 0 Å². The van der Waals surface area contributed by atoms with E-state index in [4.69, 9.17) is 0 Å². The van der Waals surface area contributed by atoms with Crippen LogP contribution in [0.25, 0.3) is 21.5 Å². The lowest BCUT2D eigenvalue weighted by molar-refractivity contribution is 0.260. The lowest BCUT2D eigenvalue weighted by Gasteiger charge is -2.09. The van der Waals surface area contributed by atoms with Crippen LogP contribution in [0.4, 0.5) is 0 Å². The number of hydrogen-bond acceptors (Lipinski definition) is 2. The quantitative estimate of drug-likeness (QED) is 0.674. The zero-order chi connectivity index (χ0) is 12.5. The summed E-state index contributed by atoms with van der Waals surface area (Å²) in [6.45, 7) is -0.0896. The van der Waals surface area contributed by atoms with Crippen molar-refractivity contribution in [3.63, 3.8) is 0 Å². The monoisotopic (exact) mass is 238 g/mol. The van der Waals surface area contributed by atoms with Crippen LogP contribution in [0.3, 0.4) is 0 Å². The van der Waals surface area contributed by atoms with Crippen molar-refractivity contribution >= 4 is 21.5 Å². The highest BCUT2D eigenvalue weighted by Crippen LogP contribution is 2.28. The molecule has 0 fully saturated rings. The highest BCUT2D eigenvalue weighted by molar-refractivity contribution is 6.07. The van der Waals surface area contributed by atoms with Crippen LogP contribution >= 0.6 is 0 Å². The van der Waals surface area contributed by atoms with E-state index in [-0.39, 0.29) is 13.2 Å². The Morgan fingerprint density at radius 3 is 2.11 bits per heavy atom. The van der Waals surface area contributed by atoms with Gasteiger partial charge in [-0.2, -0.15) is 0 Å². The topological polar surface area (TPSA) is 40.5 Å². The van der Waals surface area contributed by atoms with E-state index in [9.17, 15) is 10.2 Å². The summed E-state index contributed by atoms with van der Waals surface area (Å²) in [7, 11) is 0. The predicted octanol–water partition coefficient (Wildman–Crippen LogP) is 2.98. The van der Waals surface area contributed by atoms with Gasteiger partial charge in [-0.05, 0) is 44.8 Å². The summed E-state index contributed by atoms with van der Waals surface area (Å²) < 4.78 is 0. The van der Waals surface area contributed by atoms with Gasteiger partial charge in [-0.1, -0.05) is 36.4 Å². The normalized spacial score (nSPS) is 11.2. The highest BCUT2D eigenvalue weighted by atomic mass is 16.3. The van der Waals surface area contributed by atoms with Gasteiger partial charge >= 0.3 is 0 Å². The SMILES string of the molecule is OCc1cc2ccc3ccccc3c2cc1CO. The van der Waals surface area contributed by atoms with E-state index in [1.165, 1.54) is 10.8 Å². The van der Waals surface area contributed by atoms with Crippen molar-refractivity contribution in [1.82, 2.24) is 0 Å². The van der Waals surface area contributed by atoms with Crippen molar-refractivity contribution in [2.45, 2.75) is 13.2 Å². The molecule has 0 bridgehead atoms. The minimum absolute atomic E-state index is 0.0430. The number of hydrogen-bond donors (Lipinski definition) is 2. The Kier molecular flexibility index (Phi) is 2.74. The third-order valence-corrected chi connectivity index (χ3v) is 3.41. The second-order valence-electron chi connectivity index (χ2n) is 4.44. The second-order valence-corrected chi connectivity index (χ2v) is 4.44. The van der Waals surface area contributed by atoms with Gasteiger partial charge in [0.25, 0.3) is 0 Å². The third-order valence-electron chi connectivity index (χ3n) is 3.41. The Hall–Kier alpha value is -1.90. The molecule has 0 radical (unpaired) electrons. The average molecular weight is 238 g/mol. The number of aliphatic hydroxyl groups is 2. The van der Waals surface area contributed by atoms with Crippen LogP contribution in [0.1, 0.15) is 11.1 Å². The summed E-state index contributed by atoms with van der Waals surface area (Å²) in [5.74, 6) is 0. The molecule has 0 aromatic heterocycles. The van der Waals surface area contributed by atoms with E-state index in [1.54, 1.807) is 0 Å². The summed E-state index contributed by atoms with van der Waals surface area (Å²) in [6, 6.07) is 16.3. The molecule has 0 amide bonds. The first-order chi connectivity index (χ1) is 8.83. The van der Waals surface area contributed by atoms with Crippen molar-refractivity contribution < 1.29 is 10.2 Å². The molecule has 18 heavy (non-hydrogen) atoms. The first-order valence-electron chi connectivity index (χ1n) is 5.98. The van der Waals surface area contributed by atoms with Crippen LogP contribution in [0, 0.1) is 0 Å². The lowest BCUT2D eigenvalue weighted by atomic mass is 9.97. The van der Waals surface area contributed by atoms with Crippen LogP contribution < -0.4 is 0 Å². The molecule has 2 nitrogen and oxygen atoms in total. The number of benzene rings is 3. The fourth-order valence-electron chi connectivity index (χ4n) is 2.44. The average Bonchev–Trinajstić information content (AvgIpc) is 2.45. The smallest absolute Gasteiger partial charge is 0.0685 e. The molecule has 0 spiro atoms. The minimum Gasteiger partial charge on any atom is -0.392 e. The molecule has 3 rings (SSSR count). The van der Waals surface area contributed by atoms with Crippen molar-refractivity contribution in [1.29, 1.82) is 0 Å². The molecule has 0 aliphatic rings. The molecule has 2 heteroatoms. The van der Waals surface area contributed by atoms with Gasteiger partial charge in [0.1, 0.15) is 0 Å². The van der Waals surface area contributed by atoms with E-state index in [2.05, 4.69) is 24.3 Å².